The van der Waals surface area contributed by atoms with Gasteiger partial charge in [0.15, 0.2) is 0 Å². The first-order valence-corrected chi connectivity index (χ1v) is 5.65. The Hall–Kier alpha value is -1.86. The third-order valence-corrected chi connectivity index (χ3v) is 2.58. The minimum absolute atomic E-state index is 0.0938. The maximum absolute atomic E-state index is 11.5. The van der Waals surface area contributed by atoms with Crippen LogP contribution in [-0.4, -0.2) is 19.1 Å². The molecule has 1 aliphatic rings. The largest absolute Gasteiger partial charge is 0.371 e. The molecule has 0 bridgehead atoms. The Morgan fingerprint density at radius 1 is 1.41 bits per heavy atom. The van der Waals surface area contributed by atoms with Crippen molar-refractivity contribution >= 4 is 11.6 Å². The van der Waals surface area contributed by atoms with Crippen LogP contribution < -0.4 is 5.32 Å². The summed E-state index contributed by atoms with van der Waals surface area (Å²) in [6, 6.07) is 8.77. The van der Waals surface area contributed by atoms with Gasteiger partial charge in [-0.25, -0.2) is 0 Å². The van der Waals surface area contributed by atoms with Crippen LogP contribution in [0.2, 0.25) is 0 Å². The number of anilines is 1. The highest BCUT2D eigenvalue weighted by atomic mass is 16.5. The van der Waals surface area contributed by atoms with Gasteiger partial charge in [-0.1, -0.05) is 0 Å². The SMILES string of the molecule is N#Cc1ccc(NC(=O)COCC2CC2)cc1. The summed E-state index contributed by atoms with van der Waals surface area (Å²) in [5.41, 5.74) is 1.26. The fourth-order valence-electron chi connectivity index (χ4n) is 1.43. The number of carbonyl (C=O) groups is 1. The van der Waals surface area contributed by atoms with E-state index in [4.69, 9.17) is 10.00 Å². The highest BCUT2D eigenvalue weighted by Crippen LogP contribution is 2.28. The Morgan fingerprint density at radius 2 is 2.12 bits per heavy atom. The molecule has 1 N–H and O–H groups in total. The van der Waals surface area contributed by atoms with E-state index in [-0.39, 0.29) is 12.5 Å². The Bertz CT molecular complexity index is 430. The summed E-state index contributed by atoms with van der Waals surface area (Å²) in [6.07, 6.45) is 2.44. The first-order chi connectivity index (χ1) is 8.28. The molecule has 1 fully saturated rings. The summed E-state index contributed by atoms with van der Waals surface area (Å²) in [4.78, 5) is 11.5. The van der Waals surface area contributed by atoms with Gasteiger partial charge in [0.05, 0.1) is 18.2 Å². The molecule has 1 amide bonds. The lowest BCUT2D eigenvalue weighted by Gasteiger charge is -2.05. The molecular weight excluding hydrogens is 216 g/mol. The fraction of sp³-hybridized carbons (Fsp3) is 0.385. The van der Waals surface area contributed by atoms with Crippen LogP contribution in [0, 0.1) is 17.2 Å². The topological polar surface area (TPSA) is 62.1 Å². The van der Waals surface area contributed by atoms with Crippen molar-refractivity contribution in [3.63, 3.8) is 0 Å². The van der Waals surface area contributed by atoms with Gasteiger partial charge < -0.3 is 10.1 Å². The summed E-state index contributed by atoms with van der Waals surface area (Å²) in [7, 11) is 0. The first-order valence-electron chi connectivity index (χ1n) is 5.65. The highest BCUT2D eigenvalue weighted by Gasteiger charge is 2.21. The van der Waals surface area contributed by atoms with Crippen molar-refractivity contribution in [2.24, 2.45) is 5.92 Å². The monoisotopic (exact) mass is 230 g/mol. The van der Waals surface area contributed by atoms with Gasteiger partial charge in [0.25, 0.3) is 0 Å². The van der Waals surface area contributed by atoms with Crippen LogP contribution in [0.4, 0.5) is 5.69 Å². The van der Waals surface area contributed by atoms with Crippen molar-refractivity contribution in [2.45, 2.75) is 12.8 Å². The van der Waals surface area contributed by atoms with Crippen LogP contribution >= 0.6 is 0 Å². The zero-order valence-electron chi connectivity index (χ0n) is 9.48. The number of hydrogen-bond donors (Lipinski definition) is 1. The van der Waals surface area contributed by atoms with Crippen molar-refractivity contribution in [1.29, 1.82) is 5.26 Å². The molecule has 1 saturated carbocycles. The van der Waals surface area contributed by atoms with Gasteiger partial charge in [-0.2, -0.15) is 5.26 Å². The lowest BCUT2D eigenvalue weighted by Crippen LogP contribution is -2.18. The molecule has 0 aliphatic heterocycles. The Morgan fingerprint density at radius 3 is 2.71 bits per heavy atom. The highest BCUT2D eigenvalue weighted by molar-refractivity contribution is 5.91. The Kier molecular flexibility index (Phi) is 3.73. The molecular formula is C13H14N2O2. The molecule has 0 aromatic heterocycles. The van der Waals surface area contributed by atoms with Gasteiger partial charge >= 0.3 is 0 Å². The van der Waals surface area contributed by atoms with Crippen LogP contribution in [0.15, 0.2) is 24.3 Å². The van der Waals surface area contributed by atoms with Crippen molar-refractivity contribution < 1.29 is 9.53 Å². The lowest BCUT2D eigenvalue weighted by molar-refractivity contribution is -0.120. The zero-order chi connectivity index (χ0) is 12.1. The summed E-state index contributed by atoms with van der Waals surface area (Å²) < 4.78 is 5.27. The third kappa shape index (κ3) is 3.89. The number of amides is 1. The van der Waals surface area contributed by atoms with Gasteiger partial charge in [0, 0.05) is 5.69 Å². The van der Waals surface area contributed by atoms with Gasteiger partial charge in [-0.3, -0.25) is 4.79 Å². The summed E-state index contributed by atoms with van der Waals surface area (Å²) in [5.74, 6) is 0.507. The van der Waals surface area contributed by atoms with Crippen molar-refractivity contribution in [1.82, 2.24) is 0 Å². The second-order valence-corrected chi connectivity index (χ2v) is 4.20. The number of nitrogens with zero attached hydrogens (tertiary/aromatic N) is 1. The molecule has 0 unspecified atom stereocenters. The molecule has 2 rings (SSSR count). The molecule has 0 radical (unpaired) electrons. The van der Waals surface area contributed by atoms with Crippen LogP contribution in [0.5, 0.6) is 0 Å². The summed E-state index contributed by atoms with van der Waals surface area (Å²) in [5, 5.41) is 11.3. The summed E-state index contributed by atoms with van der Waals surface area (Å²) >= 11 is 0. The van der Waals surface area contributed by atoms with Crippen LogP contribution in [0.25, 0.3) is 0 Å². The average molecular weight is 230 g/mol. The molecule has 0 saturated heterocycles. The molecule has 1 aromatic rings. The van der Waals surface area contributed by atoms with E-state index in [2.05, 4.69) is 5.32 Å². The number of nitriles is 1. The molecule has 0 spiro atoms. The second-order valence-electron chi connectivity index (χ2n) is 4.20. The predicted octanol–water partition coefficient (Wildman–Crippen LogP) is 1.92. The van der Waals surface area contributed by atoms with Crippen molar-refractivity contribution in [3.8, 4) is 6.07 Å². The van der Waals surface area contributed by atoms with E-state index in [1.165, 1.54) is 12.8 Å². The van der Waals surface area contributed by atoms with E-state index in [9.17, 15) is 4.79 Å². The maximum atomic E-state index is 11.5. The third-order valence-electron chi connectivity index (χ3n) is 2.58. The maximum Gasteiger partial charge on any atom is 0.250 e. The van der Waals surface area contributed by atoms with E-state index in [0.717, 1.165) is 0 Å². The zero-order valence-corrected chi connectivity index (χ0v) is 9.48. The number of benzene rings is 1. The molecule has 1 aliphatic carbocycles. The average Bonchev–Trinajstić information content (AvgIpc) is 3.14. The number of ether oxygens (including phenoxy) is 1. The molecule has 4 nitrogen and oxygen atoms in total. The van der Waals surface area contributed by atoms with Crippen LogP contribution in [0.1, 0.15) is 18.4 Å². The molecule has 17 heavy (non-hydrogen) atoms. The summed E-state index contributed by atoms with van der Waals surface area (Å²) in [6.45, 7) is 0.775. The van der Waals surface area contributed by atoms with E-state index < -0.39 is 0 Å². The lowest BCUT2D eigenvalue weighted by atomic mass is 10.2. The number of hydrogen-bond acceptors (Lipinski definition) is 3. The molecule has 88 valence electrons. The molecule has 1 aromatic carbocycles. The minimum Gasteiger partial charge on any atom is -0.371 e. The standard InChI is InChI=1S/C13H14N2O2/c14-7-10-3-5-12(6-4-10)15-13(16)9-17-8-11-1-2-11/h3-6,11H,1-2,8-9H2,(H,15,16). The quantitative estimate of drug-likeness (QED) is 0.840. The van der Waals surface area contributed by atoms with Gasteiger partial charge in [-0.05, 0) is 43.0 Å². The van der Waals surface area contributed by atoms with Gasteiger partial charge in [-0.15, -0.1) is 0 Å². The van der Waals surface area contributed by atoms with Crippen LogP contribution in [0.3, 0.4) is 0 Å². The van der Waals surface area contributed by atoms with E-state index >= 15 is 0 Å². The van der Waals surface area contributed by atoms with E-state index in [0.29, 0.717) is 23.8 Å². The van der Waals surface area contributed by atoms with Gasteiger partial charge in [0.1, 0.15) is 6.61 Å². The van der Waals surface area contributed by atoms with Crippen molar-refractivity contribution in [2.75, 3.05) is 18.5 Å². The normalized spacial score (nSPS) is 14.1. The van der Waals surface area contributed by atoms with E-state index in [1.807, 2.05) is 6.07 Å². The molecule has 4 heteroatoms. The number of carbonyl (C=O) groups excluding carboxylic acids is 1. The smallest absolute Gasteiger partial charge is 0.250 e. The van der Waals surface area contributed by atoms with Crippen LogP contribution in [-0.2, 0) is 9.53 Å². The number of nitrogens with one attached hydrogen (secondary N) is 1. The van der Waals surface area contributed by atoms with E-state index in [1.54, 1.807) is 24.3 Å². The minimum atomic E-state index is -0.157. The molecule has 0 atom stereocenters. The Balaban J connectivity index is 1.74. The Labute approximate surface area is 100 Å². The fourth-order valence-corrected chi connectivity index (χ4v) is 1.43. The molecule has 0 heterocycles. The number of rotatable bonds is 5. The first kappa shape index (κ1) is 11.6. The predicted molar refractivity (Wildman–Crippen MR) is 63.3 cm³/mol. The second kappa shape index (κ2) is 5.46. The van der Waals surface area contributed by atoms with Crippen molar-refractivity contribution in [3.05, 3.63) is 29.8 Å². The van der Waals surface area contributed by atoms with Gasteiger partial charge in [0.2, 0.25) is 5.91 Å².